The minimum absolute atomic E-state index is 0.0991. The molecule has 11 nitrogen and oxygen atoms in total. The van der Waals surface area contributed by atoms with Crippen LogP contribution in [0.15, 0.2) is 35.5 Å². The summed E-state index contributed by atoms with van der Waals surface area (Å²) in [6, 6.07) is 3.77. The van der Waals surface area contributed by atoms with Crippen LogP contribution in [0.4, 0.5) is 18.9 Å². The van der Waals surface area contributed by atoms with Crippen molar-refractivity contribution >= 4 is 35.4 Å². The molecule has 1 aromatic carbocycles. The van der Waals surface area contributed by atoms with Gasteiger partial charge in [0.1, 0.15) is 17.6 Å². The van der Waals surface area contributed by atoms with Crippen LogP contribution in [-0.4, -0.2) is 98.4 Å². The number of amides is 3. The third kappa shape index (κ3) is 9.68. The number of anilines is 1. The normalized spacial score (nSPS) is 22.6. The Morgan fingerprint density at radius 2 is 1.80 bits per heavy atom. The van der Waals surface area contributed by atoms with Gasteiger partial charge in [0, 0.05) is 38.0 Å². The van der Waals surface area contributed by atoms with Gasteiger partial charge in [0.15, 0.2) is 6.29 Å². The number of allylic oxidation sites excluding steroid dienone is 1. The predicted molar refractivity (Wildman–Crippen MR) is 182 cm³/mol. The number of halogens is 3. The number of benzene rings is 1. The van der Waals surface area contributed by atoms with Crippen LogP contribution in [0.1, 0.15) is 70.3 Å². The van der Waals surface area contributed by atoms with E-state index in [-0.39, 0.29) is 53.8 Å². The molecule has 3 atom stereocenters. The Kier molecular flexibility index (Phi) is 13.0. The molecule has 4 aliphatic rings. The van der Waals surface area contributed by atoms with E-state index in [4.69, 9.17) is 5.73 Å². The number of piperazine rings is 1. The number of alkyl halides is 2. The van der Waals surface area contributed by atoms with E-state index in [2.05, 4.69) is 25.8 Å². The highest BCUT2D eigenvalue weighted by Gasteiger charge is 2.55. The monoisotopic (exact) mass is 689 g/mol. The average Bonchev–Trinajstić information content (AvgIpc) is 4.02. The first-order chi connectivity index (χ1) is 23.4. The first-order valence-electron chi connectivity index (χ1n) is 17.1. The zero-order valence-electron chi connectivity index (χ0n) is 28.7. The van der Waals surface area contributed by atoms with E-state index in [1.165, 1.54) is 25.3 Å². The number of aldehydes is 1. The minimum atomic E-state index is -2.86. The third-order valence-corrected chi connectivity index (χ3v) is 10.5. The summed E-state index contributed by atoms with van der Waals surface area (Å²) in [7, 11) is 3.83. The number of likely N-dealkylation sites (N-methyl/N-ethyl adjacent to an activating group) is 2. The van der Waals surface area contributed by atoms with Gasteiger partial charge in [0.05, 0.1) is 11.7 Å². The van der Waals surface area contributed by atoms with Gasteiger partial charge in [-0.2, -0.15) is 8.78 Å². The average molecular weight is 690 g/mol. The molecule has 3 aliphatic carbocycles. The molecule has 270 valence electrons. The van der Waals surface area contributed by atoms with Gasteiger partial charge in [0.25, 0.3) is 0 Å². The Labute approximate surface area is 286 Å². The van der Waals surface area contributed by atoms with Gasteiger partial charge >= 0.3 is 6.55 Å². The molecule has 1 spiro atoms. The van der Waals surface area contributed by atoms with E-state index < -0.39 is 23.8 Å². The maximum atomic E-state index is 15.5. The second kappa shape index (κ2) is 16.8. The van der Waals surface area contributed by atoms with E-state index in [0.717, 1.165) is 44.6 Å². The predicted octanol–water partition coefficient (Wildman–Crippen LogP) is 3.34. The number of carbonyl (C=O) groups is 4. The molecule has 49 heavy (non-hydrogen) atoms. The topological polar surface area (TPSA) is 149 Å². The quantitative estimate of drug-likeness (QED) is 0.150. The molecule has 0 radical (unpaired) electrons. The molecular weight excluding hydrogens is 639 g/mol. The van der Waals surface area contributed by atoms with Crippen LogP contribution in [0.5, 0.6) is 0 Å². The molecule has 3 amide bonds. The molecule has 5 rings (SSSR count). The molecule has 3 saturated carbocycles. The van der Waals surface area contributed by atoms with Crippen molar-refractivity contribution in [3.05, 3.63) is 41.9 Å². The molecule has 1 aromatic rings. The smallest absolute Gasteiger partial charge is 0.332 e. The van der Waals surface area contributed by atoms with E-state index in [9.17, 15) is 28.0 Å². The van der Waals surface area contributed by atoms with E-state index in [1.54, 1.807) is 20.0 Å². The summed E-state index contributed by atoms with van der Waals surface area (Å²) in [6.45, 7) is 1.68. The van der Waals surface area contributed by atoms with Crippen molar-refractivity contribution in [3.8, 4) is 0 Å². The second-order valence-corrected chi connectivity index (χ2v) is 13.8. The first-order valence-corrected chi connectivity index (χ1v) is 17.1. The van der Waals surface area contributed by atoms with Crippen LogP contribution in [0.25, 0.3) is 0 Å². The van der Waals surface area contributed by atoms with E-state index in [1.807, 2.05) is 18.0 Å². The number of rotatable bonds is 12. The lowest BCUT2D eigenvalue weighted by Crippen LogP contribution is -2.58. The lowest BCUT2D eigenvalue weighted by Gasteiger charge is -2.37. The molecule has 4 fully saturated rings. The fourth-order valence-electron chi connectivity index (χ4n) is 7.24. The van der Waals surface area contributed by atoms with Crippen LogP contribution >= 0.6 is 0 Å². The molecule has 0 aromatic heterocycles. The minimum Gasteiger partial charge on any atom is -0.405 e. The molecular formula is C35H50F3N7O4. The molecule has 1 heterocycles. The summed E-state index contributed by atoms with van der Waals surface area (Å²) in [5.41, 5.74) is 5.09. The van der Waals surface area contributed by atoms with Crippen molar-refractivity contribution in [1.29, 1.82) is 0 Å². The maximum absolute atomic E-state index is 15.5. The van der Waals surface area contributed by atoms with Gasteiger partial charge in [-0.15, -0.1) is 0 Å². The molecule has 5 N–H and O–H groups in total. The highest BCUT2D eigenvalue weighted by molar-refractivity contribution is 6.33. The van der Waals surface area contributed by atoms with Crippen LogP contribution in [-0.2, 0) is 24.6 Å². The fraction of sp³-hybridized carbons (Fsp3) is 0.629. The molecule has 3 unspecified atom stereocenters. The number of nitrogens with one attached hydrogen (secondary N) is 3. The highest BCUT2D eigenvalue weighted by Crippen LogP contribution is 2.58. The Bertz CT molecular complexity index is 1410. The summed E-state index contributed by atoms with van der Waals surface area (Å²) in [6.07, 6.45) is 10.8. The third-order valence-electron chi connectivity index (χ3n) is 10.5. The summed E-state index contributed by atoms with van der Waals surface area (Å²) < 4.78 is 38.2. The van der Waals surface area contributed by atoms with Crippen molar-refractivity contribution in [3.63, 3.8) is 0 Å². The zero-order chi connectivity index (χ0) is 35.8. The Hall–Kier alpha value is -3.78. The molecule has 0 bridgehead atoms. The lowest BCUT2D eigenvalue weighted by molar-refractivity contribution is -0.138. The van der Waals surface area contributed by atoms with E-state index in [0.29, 0.717) is 36.9 Å². The van der Waals surface area contributed by atoms with E-state index >= 15 is 4.39 Å². The highest BCUT2D eigenvalue weighted by atomic mass is 19.3. The zero-order valence-corrected chi connectivity index (χ0v) is 28.7. The van der Waals surface area contributed by atoms with Gasteiger partial charge in [-0.25, -0.2) is 9.38 Å². The Morgan fingerprint density at radius 3 is 2.33 bits per heavy atom. The summed E-state index contributed by atoms with van der Waals surface area (Å²) in [4.78, 5) is 55.8. The number of nitrogens with zero attached hydrogens (tertiary/aromatic N) is 3. The van der Waals surface area contributed by atoms with Crippen molar-refractivity contribution in [2.45, 2.75) is 88.8 Å². The van der Waals surface area contributed by atoms with Gasteiger partial charge in [-0.05, 0) is 100 Å². The summed E-state index contributed by atoms with van der Waals surface area (Å²) in [5, 5.41) is 8.98. The molecule has 1 saturated heterocycles. The Balaban J connectivity index is 0.000000471. The Morgan fingerprint density at radius 1 is 1.10 bits per heavy atom. The van der Waals surface area contributed by atoms with Crippen molar-refractivity contribution in [2.75, 3.05) is 45.6 Å². The number of hydrogen-bond donors (Lipinski definition) is 4. The number of hydrogen-bond acceptors (Lipinski definition) is 8. The van der Waals surface area contributed by atoms with Crippen molar-refractivity contribution in [1.82, 2.24) is 20.4 Å². The van der Waals surface area contributed by atoms with Crippen molar-refractivity contribution in [2.24, 2.45) is 22.1 Å². The van der Waals surface area contributed by atoms with Crippen molar-refractivity contribution < 1.29 is 32.3 Å². The number of carbonyl (C=O) groups excluding carboxylic acids is 4. The van der Waals surface area contributed by atoms with Gasteiger partial charge < -0.3 is 31.5 Å². The van der Waals surface area contributed by atoms with Gasteiger partial charge in [-0.3, -0.25) is 19.2 Å². The summed E-state index contributed by atoms with van der Waals surface area (Å²) >= 11 is 0. The van der Waals surface area contributed by atoms with Crippen LogP contribution in [0, 0.1) is 17.2 Å². The van der Waals surface area contributed by atoms with Crippen LogP contribution < -0.4 is 21.7 Å². The van der Waals surface area contributed by atoms with Crippen LogP contribution in [0.2, 0.25) is 0 Å². The first kappa shape index (κ1) is 38.0. The fourth-order valence-corrected chi connectivity index (χ4v) is 7.24. The lowest BCUT2D eigenvalue weighted by atomic mass is 9.75. The number of nitrogens with two attached hydrogens (primary N) is 1. The summed E-state index contributed by atoms with van der Waals surface area (Å²) in [5.74, 6) is -0.750. The SMILES string of the molecule is CCC(=O)NC(C(=O)N1CCN(C)CC1)C1(c2ccc(NC(=O)C(NC)C3CCCC4(CC4)C3)c(F)c2)CC1.N/C=C\C(C=O)=N\C(F)F. The standard InChI is InChI=1S/C30H44FN5O3.C5H6F2N2O/c1-4-24(37)34-26(28(39)36-16-14-35(3)15-17-36)30(12-13-30)21-7-8-23(22(31)18-21)33-27(38)25(32-2)20-6-5-9-29(19-20)10-11-29;6-5(7)9-4(3-10)1-2-8/h7-8,18,20,25-26,32H,4-6,9-17,19H2,1-3H3,(H,33,38)(H,34,37);1-3,5H,8H2/b;2-1-,9-4-. The van der Waals surface area contributed by atoms with Gasteiger partial charge in [0.2, 0.25) is 17.7 Å². The van der Waals surface area contributed by atoms with Crippen LogP contribution in [0.3, 0.4) is 0 Å². The molecule has 1 aliphatic heterocycles. The second-order valence-electron chi connectivity index (χ2n) is 13.8. The number of aliphatic imine (C=N–C) groups is 1. The maximum Gasteiger partial charge on any atom is 0.332 e. The largest absolute Gasteiger partial charge is 0.405 e. The van der Waals surface area contributed by atoms with Gasteiger partial charge in [-0.1, -0.05) is 19.4 Å². The molecule has 14 heteroatoms.